The number of hydrogen-bond donors (Lipinski definition) is 1. The zero-order valence-corrected chi connectivity index (χ0v) is 18.3. The molecule has 0 bridgehead atoms. The van der Waals surface area contributed by atoms with Gasteiger partial charge in [0.2, 0.25) is 5.43 Å². The van der Waals surface area contributed by atoms with Crippen molar-refractivity contribution in [1.82, 2.24) is 9.55 Å². The van der Waals surface area contributed by atoms with E-state index in [1.54, 1.807) is 9.47 Å². The van der Waals surface area contributed by atoms with Gasteiger partial charge in [0.15, 0.2) is 11.6 Å². The van der Waals surface area contributed by atoms with Crippen molar-refractivity contribution >= 4 is 38.7 Å². The number of carbonyl (C=O) groups is 1. The molecule has 13 heteroatoms. The second-order valence-electron chi connectivity index (χ2n) is 7.83. The maximum absolute atomic E-state index is 15.1. The predicted molar refractivity (Wildman–Crippen MR) is 114 cm³/mol. The van der Waals surface area contributed by atoms with Gasteiger partial charge in [-0.3, -0.25) is 4.79 Å². The summed E-state index contributed by atoms with van der Waals surface area (Å²) in [5, 5.41) is 3.83. The number of pyridine rings is 2. The molecule has 0 radical (unpaired) electrons. The lowest BCUT2D eigenvalue weighted by molar-refractivity contribution is 0.0746. The molecular formula is C19H22FN5O6S. The highest BCUT2D eigenvalue weighted by atomic mass is 32.2. The zero-order chi connectivity index (χ0) is 23.2. The number of oxime groups is 1. The van der Waals surface area contributed by atoms with Gasteiger partial charge in [-0.1, -0.05) is 5.16 Å². The van der Waals surface area contributed by atoms with Crippen LogP contribution in [0.3, 0.4) is 0 Å². The molecule has 0 amide bonds. The third-order valence-electron chi connectivity index (χ3n) is 5.38. The molecule has 1 aliphatic heterocycles. The topological polar surface area (TPSA) is 146 Å². The van der Waals surface area contributed by atoms with Crippen molar-refractivity contribution in [2.45, 2.75) is 18.9 Å². The number of rotatable bonds is 6. The van der Waals surface area contributed by atoms with Gasteiger partial charge in [0, 0.05) is 31.2 Å². The molecule has 1 aliphatic carbocycles. The van der Waals surface area contributed by atoms with Gasteiger partial charge in [0.05, 0.1) is 23.9 Å². The Morgan fingerprint density at radius 3 is 2.72 bits per heavy atom. The first kappa shape index (κ1) is 22.1. The molecule has 2 aromatic rings. The Kier molecular flexibility index (Phi) is 5.63. The van der Waals surface area contributed by atoms with Gasteiger partial charge in [-0.25, -0.2) is 14.2 Å². The molecule has 2 aromatic heterocycles. The number of fused-ring (bicyclic) bond motifs is 1. The van der Waals surface area contributed by atoms with Gasteiger partial charge in [-0.15, -0.1) is 0 Å². The maximum Gasteiger partial charge on any atom is 0.359 e. The quantitative estimate of drug-likeness (QED) is 0.470. The third kappa shape index (κ3) is 4.17. The zero-order valence-electron chi connectivity index (χ0n) is 17.4. The molecule has 1 atom stereocenters. The number of halogens is 1. The van der Waals surface area contributed by atoms with E-state index in [9.17, 15) is 18.0 Å². The number of hydrogen-bond acceptors (Lipinski definition) is 10. The minimum absolute atomic E-state index is 0.0255. The fourth-order valence-electron chi connectivity index (χ4n) is 3.77. The van der Waals surface area contributed by atoms with E-state index in [2.05, 4.69) is 14.3 Å². The number of nitrogens with two attached hydrogens (primary N) is 1. The molecule has 1 saturated heterocycles. The Hall–Kier alpha value is -3.06. The highest BCUT2D eigenvalue weighted by Crippen LogP contribution is 2.37. The average Bonchev–Trinajstić information content (AvgIpc) is 3.47. The van der Waals surface area contributed by atoms with Crippen LogP contribution in [-0.2, 0) is 19.1 Å². The molecule has 11 nitrogen and oxygen atoms in total. The molecule has 3 heterocycles. The third-order valence-corrected chi connectivity index (χ3v) is 5.84. The van der Waals surface area contributed by atoms with Crippen molar-refractivity contribution in [1.29, 1.82) is 0 Å². The minimum Gasteiger partial charge on any atom is -0.399 e. The van der Waals surface area contributed by atoms with Gasteiger partial charge in [0.1, 0.15) is 18.3 Å². The lowest BCUT2D eigenvalue weighted by atomic mass is 10.1. The van der Waals surface area contributed by atoms with Crippen LogP contribution in [0.15, 0.2) is 22.2 Å². The summed E-state index contributed by atoms with van der Waals surface area (Å²) >= 11 is 0. The Balaban J connectivity index is 1.83. The van der Waals surface area contributed by atoms with Gasteiger partial charge < -0.3 is 24.2 Å². The van der Waals surface area contributed by atoms with Gasteiger partial charge >= 0.3 is 16.1 Å². The number of carbonyl (C=O) groups excluding carboxylic acids is 1. The van der Waals surface area contributed by atoms with Crippen molar-refractivity contribution in [3.8, 4) is 0 Å². The second-order valence-corrected chi connectivity index (χ2v) is 9.40. The van der Waals surface area contributed by atoms with E-state index < -0.39 is 32.9 Å². The van der Waals surface area contributed by atoms with Crippen LogP contribution in [0.2, 0.25) is 0 Å². The molecule has 2 fully saturated rings. The average molecular weight is 467 g/mol. The van der Waals surface area contributed by atoms with Crippen molar-refractivity contribution < 1.29 is 26.6 Å². The normalized spacial score (nSPS) is 20.2. The van der Waals surface area contributed by atoms with Gasteiger partial charge in [-0.2, -0.15) is 8.42 Å². The first-order chi connectivity index (χ1) is 15.1. The molecule has 172 valence electrons. The Morgan fingerprint density at radius 1 is 1.41 bits per heavy atom. The monoisotopic (exact) mass is 467 g/mol. The molecule has 1 saturated carbocycles. The van der Waals surface area contributed by atoms with Crippen LogP contribution < -0.4 is 16.1 Å². The van der Waals surface area contributed by atoms with E-state index in [1.807, 2.05) is 0 Å². The standard InChI is InChI=1S/C19H22FN5O6S/c1-30-23-15-9-24(7-10(15)6-21)18-14(20)5-12-16(26)13(19(27)31-32(2,28)29)8-25(11-3-4-11)17(12)22-18/h5,8,10-11H,3-4,6-7,9,21H2,1-2H3. The van der Waals surface area contributed by atoms with Crippen molar-refractivity contribution in [2.24, 2.45) is 16.8 Å². The molecule has 2 aliphatic rings. The van der Waals surface area contributed by atoms with Crippen LogP contribution in [0, 0.1) is 11.7 Å². The van der Waals surface area contributed by atoms with Gasteiger partial charge in [0.25, 0.3) is 0 Å². The van der Waals surface area contributed by atoms with E-state index >= 15 is 4.39 Å². The molecular weight excluding hydrogens is 445 g/mol. The number of anilines is 1. The summed E-state index contributed by atoms with van der Waals surface area (Å²) in [6.45, 7) is 0.935. The van der Waals surface area contributed by atoms with E-state index in [4.69, 9.17) is 10.6 Å². The lowest BCUT2D eigenvalue weighted by Gasteiger charge is -2.19. The van der Waals surface area contributed by atoms with Crippen LogP contribution in [0.25, 0.3) is 11.0 Å². The van der Waals surface area contributed by atoms with Crippen LogP contribution in [-0.4, -0.2) is 62.6 Å². The van der Waals surface area contributed by atoms with Gasteiger partial charge in [-0.05, 0) is 18.9 Å². The van der Waals surface area contributed by atoms with E-state index in [0.717, 1.165) is 18.9 Å². The first-order valence-electron chi connectivity index (χ1n) is 9.87. The highest BCUT2D eigenvalue weighted by molar-refractivity contribution is 7.86. The summed E-state index contributed by atoms with van der Waals surface area (Å²) in [4.78, 5) is 36.1. The van der Waals surface area contributed by atoms with E-state index in [1.165, 1.54) is 13.3 Å². The fourth-order valence-corrected chi connectivity index (χ4v) is 4.14. The van der Waals surface area contributed by atoms with Crippen molar-refractivity contribution in [2.75, 3.05) is 37.9 Å². The van der Waals surface area contributed by atoms with Crippen molar-refractivity contribution in [3.63, 3.8) is 0 Å². The Labute approximate surface area is 182 Å². The SMILES string of the molecule is CON=C1CN(c2nc3c(cc2F)c(=O)c(C(=O)OS(C)(=O)=O)cn3C2CC2)CC1CN. The smallest absolute Gasteiger partial charge is 0.359 e. The summed E-state index contributed by atoms with van der Waals surface area (Å²) in [5.41, 5.74) is 5.30. The number of nitrogens with zero attached hydrogens (tertiary/aromatic N) is 4. The molecule has 0 aromatic carbocycles. The fraction of sp³-hybridized carbons (Fsp3) is 0.474. The second kappa shape index (κ2) is 8.13. The molecule has 2 N–H and O–H groups in total. The van der Waals surface area contributed by atoms with Crippen molar-refractivity contribution in [3.05, 3.63) is 33.9 Å². The predicted octanol–water partition coefficient (Wildman–Crippen LogP) is 0.384. The van der Waals surface area contributed by atoms with Crippen LogP contribution in [0.1, 0.15) is 29.2 Å². The minimum atomic E-state index is -4.13. The molecule has 0 spiro atoms. The molecule has 32 heavy (non-hydrogen) atoms. The number of aromatic nitrogens is 2. The highest BCUT2D eigenvalue weighted by Gasteiger charge is 2.33. The van der Waals surface area contributed by atoms with Crippen LogP contribution >= 0.6 is 0 Å². The Morgan fingerprint density at radius 2 is 2.12 bits per heavy atom. The maximum atomic E-state index is 15.1. The first-order valence-corrected chi connectivity index (χ1v) is 11.7. The summed E-state index contributed by atoms with van der Waals surface area (Å²) in [6, 6.07) is 0.966. The van der Waals surface area contributed by atoms with E-state index in [0.29, 0.717) is 25.1 Å². The van der Waals surface area contributed by atoms with Crippen LogP contribution in [0.4, 0.5) is 10.2 Å². The Bertz CT molecular complexity index is 1290. The molecule has 1 unspecified atom stereocenters. The summed E-state index contributed by atoms with van der Waals surface area (Å²) in [7, 11) is -2.71. The largest absolute Gasteiger partial charge is 0.399 e. The molecule has 4 rings (SSSR count). The summed E-state index contributed by atoms with van der Waals surface area (Å²) < 4.78 is 43.7. The summed E-state index contributed by atoms with van der Waals surface area (Å²) in [6.07, 6.45) is 3.48. The van der Waals surface area contributed by atoms with E-state index in [-0.39, 0.29) is 35.4 Å². The summed E-state index contributed by atoms with van der Waals surface area (Å²) in [5.74, 6) is -2.19. The van der Waals surface area contributed by atoms with Crippen LogP contribution in [0.5, 0.6) is 0 Å². The lowest BCUT2D eigenvalue weighted by Crippen LogP contribution is -2.26.